The van der Waals surface area contributed by atoms with Crippen molar-refractivity contribution >= 4 is 29.3 Å². The second-order valence-corrected chi connectivity index (χ2v) is 5.33. The molecule has 2 N–H and O–H groups in total. The lowest BCUT2D eigenvalue weighted by Crippen LogP contribution is -2.27. The van der Waals surface area contributed by atoms with Crippen LogP contribution in [-0.4, -0.2) is 36.7 Å². The third kappa shape index (κ3) is 5.90. The van der Waals surface area contributed by atoms with E-state index in [1.165, 1.54) is 19.3 Å². The van der Waals surface area contributed by atoms with E-state index in [2.05, 4.69) is 10.6 Å². The highest BCUT2D eigenvalue weighted by Crippen LogP contribution is 2.10. The van der Waals surface area contributed by atoms with Gasteiger partial charge in [-0.2, -0.15) is 0 Å². The third-order valence-electron chi connectivity index (χ3n) is 3.30. The number of nitrogens with one attached hydrogen (secondary N) is 2. The number of hydrogen-bond acceptors (Lipinski definition) is 6. The topological polar surface area (TPSA) is 115 Å². The lowest BCUT2D eigenvalue weighted by Gasteiger charge is -2.07. The van der Waals surface area contributed by atoms with Crippen LogP contribution >= 0.6 is 0 Å². The number of esters is 1. The minimum Gasteiger partial charge on any atom is -0.459 e. The molecule has 8 nitrogen and oxygen atoms in total. The van der Waals surface area contributed by atoms with Gasteiger partial charge in [0, 0.05) is 17.8 Å². The van der Waals surface area contributed by atoms with Crippen LogP contribution < -0.4 is 10.6 Å². The lowest BCUT2D eigenvalue weighted by atomic mass is 10.1. The Hall–Kier alpha value is -3.42. The second kappa shape index (κ2) is 9.16. The van der Waals surface area contributed by atoms with E-state index in [0.29, 0.717) is 11.3 Å². The van der Waals surface area contributed by atoms with Gasteiger partial charge in [-0.15, -0.1) is 0 Å². The minimum absolute atomic E-state index is 0.0620. The van der Waals surface area contributed by atoms with Gasteiger partial charge < -0.3 is 19.8 Å². The number of carbonyl (C=O) groups is 4. The number of Topliss-reactive ketones (excluding diaryl/α,β-unsaturated/α-hetero) is 1. The summed E-state index contributed by atoms with van der Waals surface area (Å²) in [7, 11) is 0. The van der Waals surface area contributed by atoms with Gasteiger partial charge in [0.2, 0.25) is 0 Å². The maximum atomic E-state index is 11.7. The molecule has 2 rings (SSSR count). The van der Waals surface area contributed by atoms with Crippen molar-refractivity contribution in [2.24, 2.45) is 0 Å². The fraction of sp³-hybridized carbons (Fsp3) is 0.222. The van der Waals surface area contributed by atoms with Crippen LogP contribution in [0, 0.1) is 0 Å². The van der Waals surface area contributed by atoms with E-state index < -0.39 is 24.4 Å². The quantitative estimate of drug-likeness (QED) is 0.549. The SMILES string of the molecule is CC(=O)c1ccc(NC(=O)COC(=O)CCNC(=O)c2ccco2)cc1. The molecule has 1 aromatic carbocycles. The number of anilines is 1. The molecular formula is C18H18N2O6. The van der Waals surface area contributed by atoms with Crippen molar-refractivity contribution in [3.63, 3.8) is 0 Å². The van der Waals surface area contributed by atoms with Crippen molar-refractivity contribution < 1.29 is 28.3 Å². The first-order chi connectivity index (χ1) is 12.5. The van der Waals surface area contributed by atoms with Crippen molar-refractivity contribution in [2.75, 3.05) is 18.5 Å². The maximum absolute atomic E-state index is 11.7. The van der Waals surface area contributed by atoms with Crippen LogP contribution in [0.4, 0.5) is 5.69 Å². The van der Waals surface area contributed by atoms with Crippen LogP contribution in [0.2, 0.25) is 0 Å². The summed E-state index contributed by atoms with van der Waals surface area (Å²) >= 11 is 0. The van der Waals surface area contributed by atoms with E-state index >= 15 is 0 Å². The molecule has 8 heteroatoms. The highest BCUT2D eigenvalue weighted by Gasteiger charge is 2.11. The smallest absolute Gasteiger partial charge is 0.308 e. The highest BCUT2D eigenvalue weighted by atomic mass is 16.5. The average molecular weight is 358 g/mol. The fourth-order valence-electron chi connectivity index (χ4n) is 1.98. The van der Waals surface area contributed by atoms with Gasteiger partial charge in [0.15, 0.2) is 18.2 Å². The van der Waals surface area contributed by atoms with Gasteiger partial charge in [-0.3, -0.25) is 19.2 Å². The maximum Gasteiger partial charge on any atom is 0.308 e. The molecule has 0 aliphatic rings. The molecule has 0 saturated heterocycles. The predicted octanol–water partition coefficient (Wildman–Crippen LogP) is 1.78. The monoisotopic (exact) mass is 358 g/mol. The summed E-state index contributed by atoms with van der Waals surface area (Å²) in [5.41, 5.74) is 1.02. The largest absolute Gasteiger partial charge is 0.459 e. The lowest BCUT2D eigenvalue weighted by molar-refractivity contribution is -0.147. The van der Waals surface area contributed by atoms with E-state index in [0.717, 1.165) is 0 Å². The zero-order valence-electron chi connectivity index (χ0n) is 14.1. The number of ketones is 1. The third-order valence-corrected chi connectivity index (χ3v) is 3.30. The molecule has 0 bridgehead atoms. The molecule has 0 atom stereocenters. The summed E-state index contributed by atoms with van der Waals surface area (Å²) in [5, 5.41) is 5.04. The Morgan fingerprint density at radius 1 is 1.08 bits per heavy atom. The van der Waals surface area contributed by atoms with Gasteiger partial charge in [0.1, 0.15) is 0 Å². The van der Waals surface area contributed by atoms with Crippen LogP contribution in [-0.2, 0) is 14.3 Å². The zero-order chi connectivity index (χ0) is 18.9. The Labute approximate surface area is 149 Å². The van der Waals surface area contributed by atoms with Crippen LogP contribution in [0.5, 0.6) is 0 Å². The van der Waals surface area contributed by atoms with Crippen molar-refractivity contribution in [1.29, 1.82) is 0 Å². The molecule has 0 aliphatic heterocycles. The van der Waals surface area contributed by atoms with Crippen molar-refractivity contribution in [1.82, 2.24) is 5.32 Å². The van der Waals surface area contributed by atoms with E-state index in [-0.39, 0.29) is 24.5 Å². The van der Waals surface area contributed by atoms with E-state index in [1.807, 2.05) is 0 Å². The summed E-state index contributed by atoms with van der Waals surface area (Å²) < 4.78 is 9.74. The number of furan rings is 1. The Morgan fingerprint density at radius 3 is 2.42 bits per heavy atom. The molecule has 2 amide bonds. The summed E-state index contributed by atoms with van der Waals surface area (Å²) in [6, 6.07) is 9.43. The summed E-state index contributed by atoms with van der Waals surface area (Å²) in [5.74, 6) is -1.49. The molecule has 26 heavy (non-hydrogen) atoms. The summed E-state index contributed by atoms with van der Waals surface area (Å²) in [6.45, 7) is 1.07. The first kappa shape index (κ1) is 18.9. The van der Waals surface area contributed by atoms with Crippen molar-refractivity contribution in [2.45, 2.75) is 13.3 Å². The van der Waals surface area contributed by atoms with Gasteiger partial charge in [0.25, 0.3) is 11.8 Å². The van der Waals surface area contributed by atoms with Crippen LogP contribution in [0.25, 0.3) is 0 Å². The van der Waals surface area contributed by atoms with Gasteiger partial charge in [-0.05, 0) is 43.3 Å². The standard InChI is InChI=1S/C18H18N2O6/c1-12(21)13-4-6-14(7-5-13)20-16(22)11-26-17(23)8-9-19-18(24)15-3-2-10-25-15/h2-7,10H,8-9,11H2,1H3,(H,19,24)(H,20,22). The average Bonchev–Trinajstić information content (AvgIpc) is 3.15. The van der Waals surface area contributed by atoms with Crippen LogP contribution in [0.1, 0.15) is 34.3 Å². The Morgan fingerprint density at radius 2 is 1.81 bits per heavy atom. The summed E-state index contributed by atoms with van der Waals surface area (Å²) in [4.78, 5) is 46.1. The molecule has 2 aromatic rings. The number of amides is 2. The van der Waals surface area contributed by atoms with Crippen LogP contribution in [0.3, 0.4) is 0 Å². The molecular weight excluding hydrogens is 340 g/mol. The first-order valence-corrected chi connectivity index (χ1v) is 7.84. The van der Waals surface area contributed by atoms with Crippen molar-refractivity contribution in [3.8, 4) is 0 Å². The predicted molar refractivity (Wildman–Crippen MR) is 91.7 cm³/mol. The van der Waals surface area contributed by atoms with Gasteiger partial charge in [0.05, 0.1) is 12.7 Å². The number of benzene rings is 1. The van der Waals surface area contributed by atoms with Crippen molar-refractivity contribution in [3.05, 3.63) is 54.0 Å². The summed E-state index contributed by atoms with van der Waals surface area (Å²) in [6.07, 6.45) is 1.29. The fourth-order valence-corrected chi connectivity index (χ4v) is 1.98. The molecule has 0 aliphatic carbocycles. The van der Waals surface area contributed by atoms with E-state index in [9.17, 15) is 19.2 Å². The zero-order valence-corrected chi connectivity index (χ0v) is 14.1. The number of carbonyl (C=O) groups excluding carboxylic acids is 4. The van der Waals surface area contributed by atoms with Gasteiger partial charge in [-0.25, -0.2) is 0 Å². The minimum atomic E-state index is -0.619. The highest BCUT2D eigenvalue weighted by molar-refractivity contribution is 5.96. The molecule has 0 saturated carbocycles. The Balaban J connectivity index is 1.65. The number of ether oxygens (including phenoxy) is 1. The Kier molecular flexibility index (Phi) is 6.67. The molecule has 0 radical (unpaired) electrons. The molecule has 0 spiro atoms. The Bertz CT molecular complexity index is 781. The normalized spacial score (nSPS) is 10.0. The first-order valence-electron chi connectivity index (χ1n) is 7.84. The van der Waals surface area contributed by atoms with E-state index in [4.69, 9.17) is 9.15 Å². The molecule has 0 unspecified atom stereocenters. The molecule has 0 fully saturated rings. The number of rotatable bonds is 8. The second-order valence-electron chi connectivity index (χ2n) is 5.33. The number of hydrogen-bond donors (Lipinski definition) is 2. The van der Waals surface area contributed by atoms with E-state index in [1.54, 1.807) is 30.3 Å². The molecule has 1 heterocycles. The molecule has 1 aromatic heterocycles. The molecule has 136 valence electrons. The van der Waals surface area contributed by atoms with Gasteiger partial charge in [-0.1, -0.05) is 0 Å². The van der Waals surface area contributed by atoms with Gasteiger partial charge >= 0.3 is 5.97 Å². The van der Waals surface area contributed by atoms with Crippen LogP contribution in [0.15, 0.2) is 47.1 Å².